The highest BCUT2D eigenvalue weighted by Gasteiger charge is 2.39. The number of carbonyl (C=O) groups excluding carboxylic acids is 3. The smallest absolute Gasteiger partial charge is 0.276 e. The summed E-state index contributed by atoms with van der Waals surface area (Å²) in [6.07, 6.45) is 0.475. The molecule has 0 saturated carbocycles. The van der Waals surface area contributed by atoms with E-state index in [0.717, 1.165) is 10.6 Å². The molecule has 0 spiro atoms. The third kappa shape index (κ3) is 1.72. The van der Waals surface area contributed by atoms with Crippen molar-refractivity contribution in [1.82, 2.24) is 10.4 Å². The van der Waals surface area contributed by atoms with Crippen LogP contribution in [0.15, 0.2) is 48.5 Å². The molecule has 0 unspecified atom stereocenters. The molecular formula is C17H12N2O3. The van der Waals surface area contributed by atoms with Crippen molar-refractivity contribution in [2.45, 2.75) is 12.5 Å². The van der Waals surface area contributed by atoms with E-state index in [9.17, 15) is 14.4 Å². The van der Waals surface area contributed by atoms with Crippen molar-refractivity contribution in [3.8, 4) is 0 Å². The van der Waals surface area contributed by atoms with Crippen molar-refractivity contribution in [2.75, 3.05) is 0 Å². The second-order valence-corrected chi connectivity index (χ2v) is 5.40. The number of imide groups is 1. The van der Waals surface area contributed by atoms with E-state index in [-0.39, 0.29) is 5.78 Å². The number of hydrogen-bond donors (Lipinski definition) is 1. The molecule has 0 bridgehead atoms. The third-order valence-corrected chi connectivity index (χ3v) is 4.10. The molecule has 0 radical (unpaired) electrons. The predicted octanol–water partition coefficient (Wildman–Crippen LogP) is 1.59. The number of benzene rings is 2. The van der Waals surface area contributed by atoms with Crippen LogP contribution in [0.5, 0.6) is 0 Å². The number of hydrazine groups is 1. The van der Waals surface area contributed by atoms with Gasteiger partial charge in [-0.25, -0.2) is 10.4 Å². The standard InChI is InChI=1S/C17H12N2O3/c20-15-11-6-2-1-5-10(11)9-14(15)18-19-16(21)12-7-3-4-8-13(12)17(19)22/h1-8,14,18H,9H2/t14-/m0/s1. The van der Waals surface area contributed by atoms with Gasteiger partial charge in [0.1, 0.15) is 0 Å². The summed E-state index contributed by atoms with van der Waals surface area (Å²) in [6.45, 7) is 0. The fourth-order valence-electron chi connectivity index (χ4n) is 3.01. The number of Topliss-reactive ketones (excluding diaryl/α,β-unsaturated/α-hetero) is 1. The number of ketones is 1. The number of fused-ring (bicyclic) bond motifs is 2. The summed E-state index contributed by atoms with van der Waals surface area (Å²) in [5.41, 5.74) is 5.12. The Morgan fingerprint density at radius 1 is 0.818 bits per heavy atom. The zero-order valence-electron chi connectivity index (χ0n) is 11.6. The number of carbonyl (C=O) groups is 3. The minimum Gasteiger partial charge on any atom is -0.292 e. The molecule has 1 heterocycles. The Kier molecular flexibility index (Phi) is 2.71. The fourth-order valence-corrected chi connectivity index (χ4v) is 3.01. The lowest BCUT2D eigenvalue weighted by atomic mass is 10.1. The number of rotatable bonds is 2. The average Bonchev–Trinajstić information content (AvgIpc) is 2.99. The SMILES string of the molecule is O=C1c2ccccc2C[C@@H]1NN1C(=O)c2ccccc2C1=O. The van der Waals surface area contributed by atoms with E-state index < -0.39 is 17.9 Å². The van der Waals surface area contributed by atoms with E-state index in [1.165, 1.54) is 0 Å². The van der Waals surface area contributed by atoms with Crippen LogP contribution in [-0.2, 0) is 6.42 Å². The highest BCUT2D eigenvalue weighted by Crippen LogP contribution is 2.25. The molecule has 2 aliphatic rings. The molecule has 1 N–H and O–H groups in total. The first-order chi connectivity index (χ1) is 10.7. The van der Waals surface area contributed by atoms with E-state index in [4.69, 9.17) is 0 Å². The molecule has 0 saturated heterocycles. The van der Waals surface area contributed by atoms with E-state index >= 15 is 0 Å². The van der Waals surface area contributed by atoms with Crippen molar-refractivity contribution >= 4 is 17.6 Å². The largest absolute Gasteiger partial charge is 0.292 e. The van der Waals surface area contributed by atoms with Gasteiger partial charge in [0.2, 0.25) is 0 Å². The lowest BCUT2D eigenvalue weighted by molar-refractivity contribution is 0.0529. The Bertz CT molecular complexity index is 793. The third-order valence-electron chi connectivity index (χ3n) is 4.10. The van der Waals surface area contributed by atoms with Crippen LogP contribution >= 0.6 is 0 Å². The quantitative estimate of drug-likeness (QED) is 0.854. The minimum absolute atomic E-state index is 0.0906. The van der Waals surface area contributed by atoms with Crippen LogP contribution in [0, 0.1) is 0 Å². The van der Waals surface area contributed by atoms with Crippen LogP contribution in [0.4, 0.5) is 0 Å². The maximum atomic E-state index is 12.4. The van der Waals surface area contributed by atoms with Gasteiger partial charge in [0.25, 0.3) is 11.8 Å². The number of amides is 2. The van der Waals surface area contributed by atoms with Crippen LogP contribution in [-0.4, -0.2) is 28.6 Å². The summed E-state index contributed by atoms with van der Waals surface area (Å²) < 4.78 is 0. The maximum absolute atomic E-state index is 12.4. The number of hydrogen-bond acceptors (Lipinski definition) is 4. The summed E-state index contributed by atoms with van der Waals surface area (Å²) in [5.74, 6) is -0.916. The monoisotopic (exact) mass is 292 g/mol. The molecular weight excluding hydrogens is 280 g/mol. The first kappa shape index (κ1) is 12.9. The minimum atomic E-state index is -0.584. The maximum Gasteiger partial charge on any atom is 0.276 e. The van der Waals surface area contributed by atoms with Crippen molar-refractivity contribution in [3.63, 3.8) is 0 Å². The highest BCUT2D eigenvalue weighted by atomic mass is 16.2. The molecule has 108 valence electrons. The lowest BCUT2D eigenvalue weighted by Crippen LogP contribution is -2.50. The van der Waals surface area contributed by atoms with E-state index in [2.05, 4.69) is 5.43 Å². The molecule has 2 aromatic carbocycles. The van der Waals surface area contributed by atoms with Gasteiger partial charge in [0.15, 0.2) is 5.78 Å². The topological polar surface area (TPSA) is 66.5 Å². The van der Waals surface area contributed by atoms with Gasteiger partial charge in [0.05, 0.1) is 17.2 Å². The fraction of sp³-hybridized carbons (Fsp3) is 0.118. The van der Waals surface area contributed by atoms with Crippen LogP contribution in [0.1, 0.15) is 36.6 Å². The molecule has 0 fully saturated rings. The van der Waals surface area contributed by atoms with Gasteiger partial charge < -0.3 is 0 Å². The number of nitrogens with zero attached hydrogens (tertiary/aromatic N) is 1. The van der Waals surface area contributed by atoms with Crippen LogP contribution in [0.2, 0.25) is 0 Å². The van der Waals surface area contributed by atoms with Gasteiger partial charge in [-0.2, -0.15) is 0 Å². The molecule has 22 heavy (non-hydrogen) atoms. The Morgan fingerprint density at radius 3 is 1.95 bits per heavy atom. The first-order valence-electron chi connectivity index (χ1n) is 7.03. The van der Waals surface area contributed by atoms with Crippen LogP contribution < -0.4 is 5.43 Å². The Labute approximate surface area is 126 Å². The van der Waals surface area contributed by atoms with Crippen LogP contribution in [0.3, 0.4) is 0 Å². The summed E-state index contributed by atoms with van der Waals surface area (Å²) >= 11 is 0. The second-order valence-electron chi connectivity index (χ2n) is 5.40. The average molecular weight is 292 g/mol. The van der Waals surface area contributed by atoms with Gasteiger partial charge in [-0.15, -0.1) is 0 Å². The van der Waals surface area contributed by atoms with Crippen molar-refractivity contribution in [3.05, 3.63) is 70.8 Å². The predicted molar refractivity (Wildman–Crippen MR) is 78.3 cm³/mol. The van der Waals surface area contributed by atoms with Gasteiger partial charge in [-0.05, 0) is 24.1 Å². The zero-order valence-corrected chi connectivity index (χ0v) is 11.6. The molecule has 4 rings (SSSR count). The van der Waals surface area contributed by atoms with Crippen LogP contribution in [0.25, 0.3) is 0 Å². The normalized spacial score (nSPS) is 19.5. The lowest BCUT2D eigenvalue weighted by Gasteiger charge is -2.19. The summed E-state index contributed by atoms with van der Waals surface area (Å²) in [4.78, 5) is 37.0. The molecule has 1 aliphatic carbocycles. The molecule has 1 aliphatic heterocycles. The molecule has 5 nitrogen and oxygen atoms in total. The summed E-state index contributed by atoms with van der Waals surface area (Å²) in [6, 6.07) is 13.4. The van der Waals surface area contributed by atoms with Gasteiger partial charge in [-0.3, -0.25) is 14.4 Å². The molecule has 0 aromatic heterocycles. The van der Waals surface area contributed by atoms with Gasteiger partial charge in [-0.1, -0.05) is 36.4 Å². The molecule has 5 heteroatoms. The zero-order chi connectivity index (χ0) is 15.3. The molecule has 2 amide bonds. The summed E-state index contributed by atoms with van der Waals surface area (Å²) in [5, 5.41) is 0.957. The second kappa shape index (κ2) is 4.61. The molecule has 1 atom stereocenters. The first-order valence-corrected chi connectivity index (χ1v) is 7.03. The highest BCUT2D eigenvalue weighted by molar-refractivity contribution is 6.21. The van der Waals surface area contributed by atoms with Crippen molar-refractivity contribution in [2.24, 2.45) is 0 Å². The van der Waals surface area contributed by atoms with Gasteiger partial charge >= 0.3 is 0 Å². The number of nitrogens with one attached hydrogen (secondary N) is 1. The molecule has 2 aromatic rings. The summed E-state index contributed by atoms with van der Waals surface area (Å²) in [7, 11) is 0. The Morgan fingerprint density at radius 2 is 1.36 bits per heavy atom. The van der Waals surface area contributed by atoms with Crippen molar-refractivity contribution in [1.29, 1.82) is 0 Å². The van der Waals surface area contributed by atoms with E-state index in [1.807, 2.05) is 12.1 Å². The Balaban J connectivity index is 1.61. The van der Waals surface area contributed by atoms with Gasteiger partial charge in [0, 0.05) is 5.56 Å². The van der Waals surface area contributed by atoms with E-state index in [0.29, 0.717) is 23.1 Å². The Hall–Kier alpha value is -2.79. The van der Waals surface area contributed by atoms with E-state index in [1.54, 1.807) is 36.4 Å². The van der Waals surface area contributed by atoms with Crippen molar-refractivity contribution < 1.29 is 14.4 Å².